The van der Waals surface area contributed by atoms with E-state index in [4.69, 9.17) is 26.5 Å². The van der Waals surface area contributed by atoms with Crippen LogP contribution in [-0.2, 0) is 0 Å². The maximum atomic E-state index is 12.4. The monoisotopic (exact) mass is 410 g/mol. The molecule has 3 N–H and O–H groups in total. The van der Waals surface area contributed by atoms with Gasteiger partial charge in [0.2, 0.25) is 5.76 Å². The second-order valence-corrected chi connectivity index (χ2v) is 6.52. The Morgan fingerprint density at radius 1 is 1.10 bits per heavy atom. The third kappa shape index (κ3) is 4.61. The van der Waals surface area contributed by atoms with E-state index in [0.717, 1.165) is 5.56 Å². The number of carboxylic acids is 1. The van der Waals surface area contributed by atoms with E-state index in [1.165, 1.54) is 13.2 Å². The van der Waals surface area contributed by atoms with Crippen LogP contribution in [-0.4, -0.2) is 29.2 Å². The highest BCUT2D eigenvalue weighted by Crippen LogP contribution is 2.33. The normalized spacial score (nSPS) is 10.3. The number of amides is 1. The fourth-order valence-electron chi connectivity index (χ4n) is 2.73. The highest BCUT2D eigenvalue weighted by molar-refractivity contribution is 7.80. The molecule has 1 aromatic heterocycles. The molecule has 1 amide bonds. The van der Waals surface area contributed by atoms with E-state index in [1.54, 1.807) is 36.4 Å². The van der Waals surface area contributed by atoms with E-state index in [1.807, 2.05) is 19.1 Å². The molecule has 0 unspecified atom stereocenters. The number of benzene rings is 2. The molecule has 0 aliphatic heterocycles. The van der Waals surface area contributed by atoms with Gasteiger partial charge < -0.3 is 19.6 Å². The van der Waals surface area contributed by atoms with E-state index in [2.05, 4.69) is 10.6 Å². The lowest BCUT2D eigenvalue weighted by Gasteiger charge is -2.13. The molecule has 0 aliphatic rings. The molecule has 3 rings (SSSR count). The van der Waals surface area contributed by atoms with Crippen LogP contribution in [0.4, 0.5) is 5.69 Å². The largest absolute Gasteiger partial charge is 0.496 e. The van der Waals surface area contributed by atoms with Gasteiger partial charge in [-0.1, -0.05) is 18.2 Å². The van der Waals surface area contributed by atoms with Gasteiger partial charge in [0.05, 0.1) is 12.7 Å². The van der Waals surface area contributed by atoms with Crippen LogP contribution in [0.15, 0.2) is 59.0 Å². The molecule has 0 radical (unpaired) electrons. The molecule has 0 saturated carbocycles. The molecule has 0 bridgehead atoms. The van der Waals surface area contributed by atoms with Crippen LogP contribution in [0, 0.1) is 6.92 Å². The molecule has 0 fully saturated rings. The number of ether oxygens (including phenoxy) is 1. The minimum atomic E-state index is -1.15. The summed E-state index contributed by atoms with van der Waals surface area (Å²) < 4.78 is 10.7. The van der Waals surface area contributed by atoms with Crippen LogP contribution >= 0.6 is 12.2 Å². The number of furan rings is 1. The third-order valence-electron chi connectivity index (χ3n) is 4.16. The predicted octanol–water partition coefficient (Wildman–Crippen LogP) is 4.09. The fraction of sp³-hybridized carbons (Fsp3) is 0.0952. The number of carboxylic acid groups (broad SMARTS) is 1. The van der Waals surface area contributed by atoms with Gasteiger partial charge in [-0.3, -0.25) is 10.1 Å². The van der Waals surface area contributed by atoms with Crippen molar-refractivity contribution in [3.05, 3.63) is 71.5 Å². The average molecular weight is 410 g/mol. The van der Waals surface area contributed by atoms with Gasteiger partial charge in [0, 0.05) is 17.3 Å². The Bertz CT molecular complexity index is 1090. The molecule has 3 aromatic rings. The van der Waals surface area contributed by atoms with Crippen LogP contribution in [0.25, 0.3) is 11.3 Å². The quantitative estimate of drug-likeness (QED) is 0.545. The van der Waals surface area contributed by atoms with Crippen LogP contribution < -0.4 is 15.4 Å². The van der Waals surface area contributed by atoms with E-state index in [-0.39, 0.29) is 16.8 Å². The van der Waals surface area contributed by atoms with Crippen molar-refractivity contribution in [2.45, 2.75) is 6.92 Å². The lowest BCUT2D eigenvalue weighted by Crippen LogP contribution is -2.34. The summed E-state index contributed by atoms with van der Waals surface area (Å²) in [6.07, 6.45) is 0. The molecule has 0 spiro atoms. The summed E-state index contributed by atoms with van der Waals surface area (Å²) in [5.74, 6) is -0.802. The Hall–Kier alpha value is -3.65. The van der Waals surface area contributed by atoms with E-state index in [0.29, 0.717) is 28.3 Å². The molecule has 8 heteroatoms. The number of methoxy groups -OCH3 is 1. The van der Waals surface area contributed by atoms with Gasteiger partial charge in [-0.25, -0.2) is 4.79 Å². The van der Waals surface area contributed by atoms with Crippen molar-refractivity contribution in [1.82, 2.24) is 5.32 Å². The zero-order valence-electron chi connectivity index (χ0n) is 15.7. The number of hydrogen-bond donors (Lipinski definition) is 3. The Morgan fingerprint density at radius 2 is 1.86 bits per heavy atom. The first kappa shape index (κ1) is 20.1. The maximum Gasteiger partial charge on any atom is 0.371 e. The summed E-state index contributed by atoms with van der Waals surface area (Å²) in [6.45, 7) is 1.85. The summed E-state index contributed by atoms with van der Waals surface area (Å²) in [7, 11) is 1.49. The van der Waals surface area contributed by atoms with Gasteiger partial charge in [-0.15, -0.1) is 0 Å². The Labute approximate surface area is 172 Å². The summed E-state index contributed by atoms with van der Waals surface area (Å²) >= 11 is 5.23. The van der Waals surface area contributed by atoms with Gasteiger partial charge in [0.25, 0.3) is 5.91 Å². The molecule has 0 atom stereocenters. The number of aryl methyl sites for hydroxylation is 1. The van der Waals surface area contributed by atoms with E-state index < -0.39 is 5.97 Å². The van der Waals surface area contributed by atoms with Crippen molar-refractivity contribution in [2.75, 3.05) is 12.4 Å². The minimum Gasteiger partial charge on any atom is -0.496 e. The second-order valence-electron chi connectivity index (χ2n) is 6.11. The number of anilines is 1. The smallest absolute Gasteiger partial charge is 0.371 e. The molecule has 0 saturated heterocycles. The SMILES string of the molecule is COc1cc(NC(=S)NC(=O)c2ccccc2C)ccc1-c1ccc(C(=O)O)o1. The molecular formula is C21H18N2O5S. The minimum absolute atomic E-state index is 0.138. The molecular weight excluding hydrogens is 392 g/mol. The zero-order valence-corrected chi connectivity index (χ0v) is 16.5. The van der Waals surface area contributed by atoms with Crippen molar-refractivity contribution >= 4 is 34.9 Å². The average Bonchev–Trinajstić information content (AvgIpc) is 3.18. The highest BCUT2D eigenvalue weighted by atomic mass is 32.1. The fourth-order valence-corrected chi connectivity index (χ4v) is 2.94. The lowest BCUT2D eigenvalue weighted by molar-refractivity contribution is 0.0663. The topological polar surface area (TPSA) is 101 Å². The Morgan fingerprint density at radius 3 is 2.52 bits per heavy atom. The van der Waals surface area contributed by atoms with Crippen LogP contribution in [0.2, 0.25) is 0 Å². The van der Waals surface area contributed by atoms with Crippen molar-refractivity contribution in [3.63, 3.8) is 0 Å². The number of rotatable bonds is 5. The summed E-state index contributed by atoms with van der Waals surface area (Å²) in [5, 5.41) is 14.7. The summed E-state index contributed by atoms with van der Waals surface area (Å²) in [4.78, 5) is 23.4. The van der Waals surface area contributed by atoms with Crippen molar-refractivity contribution in [3.8, 4) is 17.1 Å². The third-order valence-corrected chi connectivity index (χ3v) is 4.36. The number of carbonyl (C=O) groups is 2. The molecule has 7 nitrogen and oxygen atoms in total. The second kappa shape index (κ2) is 8.57. The maximum absolute atomic E-state index is 12.4. The van der Waals surface area contributed by atoms with Gasteiger partial charge in [0.1, 0.15) is 11.5 Å². The van der Waals surface area contributed by atoms with Gasteiger partial charge in [0.15, 0.2) is 5.11 Å². The molecule has 29 heavy (non-hydrogen) atoms. The predicted molar refractivity (Wildman–Crippen MR) is 113 cm³/mol. The van der Waals surface area contributed by atoms with Crippen molar-refractivity contribution < 1.29 is 23.8 Å². The molecule has 148 valence electrons. The van der Waals surface area contributed by atoms with Crippen molar-refractivity contribution in [1.29, 1.82) is 0 Å². The van der Waals surface area contributed by atoms with Crippen molar-refractivity contribution in [2.24, 2.45) is 0 Å². The highest BCUT2D eigenvalue weighted by Gasteiger charge is 2.15. The molecule has 0 aliphatic carbocycles. The first-order valence-electron chi connectivity index (χ1n) is 8.58. The zero-order chi connectivity index (χ0) is 21.0. The summed E-state index contributed by atoms with van der Waals surface area (Å²) in [5.41, 5.74) is 2.56. The van der Waals surface area contributed by atoms with Gasteiger partial charge in [-0.05, 0) is 55.0 Å². The lowest BCUT2D eigenvalue weighted by atomic mass is 10.1. The number of thiocarbonyl (C=S) groups is 1. The molecule has 2 aromatic carbocycles. The standard InChI is InChI=1S/C21H18N2O5S/c1-12-5-3-4-6-14(12)19(24)23-21(29)22-13-7-8-15(18(11-13)27-2)16-9-10-17(28-16)20(25)26/h3-11H,1-2H3,(H,25,26)(H2,22,23,24,29). The first-order chi connectivity index (χ1) is 13.9. The summed E-state index contributed by atoms with van der Waals surface area (Å²) in [6, 6.07) is 15.2. The number of nitrogens with one attached hydrogen (secondary N) is 2. The van der Waals surface area contributed by atoms with Gasteiger partial charge in [-0.2, -0.15) is 0 Å². The van der Waals surface area contributed by atoms with E-state index >= 15 is 0 Å². The number of hydrogen-bond acceptors (Lipinski definition) is 5. The van der Waals surface area contributed by atoms with Gasteiger partial charge >= 0.3 is 5.97 Å². The number of aromatic carboxylic acids is 1. The van der Waals surface area contributed by atoms with Crippen LogP contribution in [0.5, 0.6) is 5.75 Å². The van der Waals surface area contributed by atoms with Crippen LogP contribution in [0.1, 0.15) is 26.5 Å². The van der Waals surface area contributed by atoms with Crippen LogP contribution in [0.3, 0.4) is 0 Å². The Balaban J connectivity index is 1.74. The first-order valence-corrected chi connectivity index (χ1v) is 8.99. The van der Waals surface area contributed by atoms with E-state index in [9.17, 15) is 9.59 Å². The Kier molecular flexibility index (Phi) is 5.94. The molecule has 1 heterocycles. The number of carbonyl (C=O) groups excluding carboxylic acids is 1.